The van der Waals surface area contributed by atoms with Gasteiger partial charge >= 0.3 is 0 Å². The Balaban J connectivity index is 1.69. The van der Waals surface area contributed by atoms with Gasteiger partial charge in [-0.05, 0) is 50.6 Å². The van der Waals surface area contributed by atoms with Gasteiger partial charge in [0.2, 0.25) is 11.8 Å². The van der Waals surface area contributed by atoms with Gasteiger partial charge in [0.15, 0.2) is 0 Å². The van der Waals surface area contributed by atoms with Gasteiger partial charge in [-0.2, -0.15) is 0 Å². The Morgan fingerprint density at radius 1 is 1.09 bits per heavy atom. The average Bonchev–Trinajstić information content (AvgIpc) is 2.55. The van der Waals surface area contributed by atoms with Gasteiger partial charge in [-0.25, -0.2) is 0 Å². The minimum absolute atomic E-state index is 0.0620. The first kappa shape index (κ1) is 18.2. The summed E-state index contributed by atoms with van der Waals surface area (Å²) in [6, 6.07) is 0.235. The number of hydrogen-bond donors (Lipinski definition) is 2. The van der Waals surface area contributed by atoms with Crippen molar-refractivity contribution in [3.05, 3.63) is 0 Å². The predicted octanol–water partition coefficient (Wildman–Crippen LogP) is 1.78. The topological polar surface area (TPSA) is 61.4 Å². The lowest BCUT2D eigenvalue weighted by molar-refractivity contribution is -0.135. The molecule has 2 heterocycles. The number of likely N-dealkylation sites (tertiary alicyclic amines) is 1. The molecule has 0 aromatic heterocycles. The van der Waals surface area contributed by atoms with Crippen molar-refractivity contribution in [2.24, 2.45) is 17.8 Å². The van der Waals surface area contributed by atoms with Crippen LogP contribution in [0.2, 0.25) is 0 Å². The molecular formula is C18H33N3O2. The van der Waals surface area contributed by atoms with Gasteiger partial charge < -0.3 is 15.5 Å². The fourth-order valence-corrected chi connectivity index (χ4v) is 3.77. The van der Waals surface area contributed by atoms with Crippen LogP contribution < -0.4 is 10.6 Å². The van der Waals surface area contributed by atoms with Gasteiger partial charge in [0, 0.05) is 31.5 Å². The lowest BCUT2D eigenvalue weighted by atomic mass is 9.84. The van der Waals surface area contributed by atoms with E-state index in [0.717, 1.165) is 39.0 Å². The van der Waals surface area contributed by atoms with E-state index in [1.807, 2.05) is 18.7 Å². The fraction of sp³-hybridized carbons (Fsp3) is 0.889. The van der Waals surface area contributed by atoms with Gasteiger partial charge in [0.05, 0.1) is 0 Å². The first-order chi connectivity index (χ1) is 11.0. The van der Waals surface area contributed by atoms with Crippen LogP contribution in [0.25, 0.3) is 0 Å². The third-order valence-corrected chi connectivity index (χ3v) is 5.36. The van der Waals surface area contributed by atoms with Crippen LogP contribution in [0.5, 0.6) is 0 Å². The summed E-state index contributed by atoms with van der Waals surface area (Å²) in [6.07, 6.45) is 4.77. The molecule has 2 N–H and O–H groups in total. The molecule has 0 aromatic carbocycles. The Labute approximate surface area is 140 Å². The van der Waals surface area contributed by atoms with E-state index in [-0.39, 0.29) is 23.8 Å². The maximum atomic E-state index is 12.3. The molecule has 0 radical (unpaired) electrons. The van der Waals surface area contributed by atoms with E-state index in [1.165, 1.54) is 12.8 Å². The Hall–Kier alpha value is -1.10. The van der Waals surface area contributed by atoms with Crippen LogP contribution in [0.3, 0.4) is 0 Å². The number of carbonyl (C=O) groups excluding carboxylic acids is 2. The maximum absolute atomic E-state index is 12.3. The molecule has 1 unspecified atom stereocenters. The molecule has 2 aliphatic heterocycles. The number of nitrogens with zero attached hydrogens (tertiary/aromatic N) is 1. The highest BCUT2D eigenvalue weighted by Gasteiger charge is 2.26. The van der Waals surface area contributed by atoms with E-state index < -0.39 is 0 Å². The number of amides is 2. The van der Waals surface area contributed by atoms with Gasteiger partial charge in [-0.1, -0.05) is 20.8 Å². The second kappa shape index (κ2) is 8.67. The standard InChI is InChI=1S/C18H33N3O2/c1-13(2)18(23)21-10-6-16(7-11-21)20-17(22)12-14(3)15-4-8-19-9-5-15/h13-16,19H,4-12H2,1-3H3,(H,20,22). The summed E-state index contributed by atoms with van der Waals surface area (Å²) in [4.78, 5) is 26.2. The molecule has 5 nitrogen and oxygen atoms in total. The van der Waals surface area contributed by atoms with Crippen LogP contribution in [0.4, 0.5) is 0 Å². The molecule has 2 rings (SSSR count). The number of carbonyl (C=O) groups is 2. The minimum Gasteiger partial charge on any atom is -0.353 e. The summed E-state index contributed by atoms with van der Waals surface area (Å²) in [6.45, 7) is 9.80. The van der Waals surface area contributed by atoms with Crippen LogP contribution in [0.15, 0.2) is 0 Å². The molecule has 0 saturated carbocycles. The van der Waals surface area contributed by atoms with Crippen molar-refractivity contribution in [1.29, 1.82) is 0 Å². The number of hydrogen-bond acceptors (Lipinski definition) is 3. The van der Waals surface area contributed by atoms with Crippen LogP contribution in [0.1, 0.15) is 52.9 Å². The first-order valence-electron chi connectivity index (χ1n) is 9.26. The van der Waals surface area contributed by atoms with Gasteiger partial charge in [-0.15, -0.1) is 0 Å². The van der Waals surface area contributed by atoms with Crippen molar-refractivity contribution >= 4 is 11.8 Å². The van der Waals surface area contributed by atoms with Crippen LogP contribution in [-0.4, -0.2) is 48.9 Å². The highest BCUT2D eigenvalue weighted by molar-refractivity contribution is 5.78. The second-order valence-corrected chi connectivity index (χ2v) is 7.59. The third-order valence-electron chi connectivity index (χ3n) is 5.36. The van der Waals surface area contributed by atoms with Gasteiger partial charge in [-0.3, -0.25) is 9.59 Å². The van der Waals surface area contributed by atoms with E-state index in [0.29, 0.717) is 18.3 Å². The first-order valence-corrected chi connectivity index (χ1v) is 9.26. The van der Waals surface area contributed by atoms with Crippen molar-refractivity contribution < 1.29 is 9.59 Å². The molecule has 0 aromatic rings. The molecule has 1 atom stereocenters. The quantitative estimate of drug-likeness (QED) is 0.811. The number of piperidine rings is 2. The third kappa shape index (κ3) is 5.48. The summed E-state index contributed by atoms with van der Waals surface area (Å²) < 4.78 is 0. The molecule has 5 heteroatoms. The van der Waals surface area contributed by atoms with Gasteiger partial charge in [0.1, 0.15) is 0 Å². The molecule has 0 aliphatic carbocycles. The maximum Gasteiger partial charge on any atom is 0.225 e. The predicted molar refractivity (Wildman–Crippen MR) is 92.0 cm³/mol. The molecular weight excluding hydrogens is 290 g/mol. The lowest BCUT2D eigenvalue weighted by Gasteiger charge is -2.34. The van der Waals surface area contributed by atoms with Crippen molar-refractivity contribution in [3.8, 4) is 0 Å². The molecule has 2 aliphatic rings. The molecule has 2 amide bonds. The average molecular weight is 323 g/mol. The van der Waals surface area contributed by atoms with E-state index in [4.69, 9.17) is 0 Å². The van der Waals surface area contributed by atoms with E-state index in [1.54, 1.807) is 0 Å². The fourth-order valence-electron chi connectivity index (χ4n) is 3.77. The zero-order chi connectivity index (χ0) is 16.8. The number of rotatable bonds is 5. The van der Waals surface area contributed by atoms with Crippen molar-refractivity contribution in [2.75, 3.05) is 26.2 Å². The Morgan fingerprint density at radius 2 is 1.70 bits per heavy atom. The molecule has 132 valence electrons. The highest BCUT2D eigenvalue weighted by atomic mass is 16.2. The zero-order valence-corrected chi connectivity index (χ0v) is 14.9. The number of nitrogens with one attached hydrogen (secondary N) is 2. The lowest BCUT2D eigenvalue weighted by Crippen LogP contribution is -2.47. The Kier molecular flexibility index (Phi) is 6.88. The normalized spacial score (nSPS) is 22.2. The molecule has 2 saturated heterocycles. The smallest absolute Gasteiger partial charge is 0.225 e. The summed E-state index contributed by atoms with van der Waals surface area (Å²) in [5.74, 6) is 1.61. The SMILES string of the molecule is CC(C)C(=O)N1CCC(NC(=O)CC(C)C2CCNCC2)CC1. The summed E-state index contributed by atoms with van der Waals surface area (Å²) >= 11 is 0. The second-order valence-electron chi connectivity index (χ2n) is 7.59. The van der Waals surface area contributed by atoms with E-state index in [2.05, 4.69) is 17.6 Å². The van der Waals surface area contributed by atoms with Crippen molar-refractivity contribution in [3.63, 3.8) is 0 Å². The largest absolute Gasteiger partial charge is 0.353 e. The molecule has 0 bridgehead atoms. The van der Waals surface area contributed by atoms with Crippen LogP contribution in [0, 0.1) is 17.8 Å². The minimum atomic E-state index is 0.0620. The highest BCUT2D eigenvalue weighted by Crippen LogP contribution is 2.24. The molecule has 23 heavy (non-hydrogen) atoms. The van der Waals surface area contributed by atoms with Crippen molar-refractivity contribution in [1.82, 2.24) is 15.5 Å². The van der Waals surface area contributed by atoms with E-state index >= 15 is 0 Å². The van der Waals surface area contributed by atoms with Crippen LogP contribution in [-0.2, 0) is 9.59 Å². The zero-order valence-electron chi connectivity index (χ0n) is 14.9. The Bertz CT molecular complexity index is 397. The summed E-state index contributed by atoms with van der Waals surface area (Å²) in [5, 5.41) is 6.56. The summed E-state index contributed by atoms with van der Waals surface area (Å²) in [5.41, 5.74) is 0. The van der Waals surface area contributed by atoms with Crippen molar-refractivity contribution in [2.45, 2.75) is 58.9 Å². The van der Waals surface area contributed by atoms with Gasteiger partial charge in [0.25, 0.3) is 0 Å². The summed E-state index contributed by atoms with van der Waals surface area (Å²) in [7, 11) is 0. The molecule has 0 spiro atoms. The van der Waals surface area contributed by atoms with Crippen LogP contribution >= 0.6 is 0 Å². The monoisotopic (exact) mass is 323 g/mol. The molecule has 2 fully saturated rings. The van der Waals surface area contributed by atoms with E-state index in [9.17, 15) is 9.59 Å². The Morgan fingerprint density at radius 3 is 2.26 bits per heavy atom.